The zero-order chi connectivity index (χ0) is 15.4. The van der Waals surface area contributed by atoms with Crippen LogP contribution in [0.15, 0.2) is 18.2 Å². The molecular weight excluding hydrogens is 274 g/mol. The fourth-order valence-corrected chi connectivity index (χ4v) is 2.55. The molecule has 114 valence electrons. The Bertz CT molecular complexity index is 545. The number of carbonyl (C=O) groups is 1. The molecule has 1 unspecified atom stereocenters. The number of amides is 1. The predicted octanol–water partition coefficient (Wildman–Crippen LogP) is 1.71. The van der Waals surface area contributed by atoms with Crippen molar-refractivity contribution in [3.8, 4) is 5.75 Å². The highest BCUT2D eigenvalue weighted by atomic mass is 16.6. The van der Waals surface area contributed by atoms with Gasteiger partial charge in [0.25, 0.3) is 5.69 Å². The van der Waals surface area contributed by atoms with Gasteiger partial charge < -0.3 is 15.0 Å². The highest BCUT2D eigenvalue weighted by Gasteiger charge is 2.31. The number of carbonyl (C=O) groups excluding carboxylic acids is 1. The van der Waals surface area contributed by atoms with Crippen LogP contribution >= 0.6 is 0 Å². The van der Waals surface area contributed by atoms with E-state index in [9.17, 15) is 14.9 Å². The number of nitrogens with one attached hydrogen (secondary N) is 1. The van der Waals surface area contributed by atoms with E-state index in [-0.39, 0.29) is 17.6 Å². The largest absolute Gasteiger partial charge is 0.495 e. The van der Waals surface area contributed by atoms with E-state index in [0.717, 1.165) is 12.8 Å². The summed E-state index contributed by atoms with van der Waals surface area (Å²) in [4.78, 5) is 24.5. The number of anilines is 1. The van der Waals surface area contributed by atoms with Crippen LogP contribution in [-0.4, -0.2) is 37.1 Å². The summed E-state index contributed by atoms with van der Waals surface area (Å²) in [7, 11) is 1.49. The normalized spacial score (nSPS) is 18.7. The molecule has 0 saturated carbocycles. The third kappa shape index (κ3) is 3.13. The smallest absolute Gasteiger partial charge is 0.271 e. The first kappa shape index (κ1) is 15.2. The number of benzene rings is 1. The Morgan fingerprint density at radius 2 is 2.29 bits per heavy atom. The van der Waals surface area contributed by atoms with Crippen molar-refractivity contribution in [2.45, 2.75) is 25.8 Å². The third-order valence-electron chi connectivity index (χ3n) is 3.55. The second-order valence-corrected chi connectivity index (χ2v) is 4.86. The van der Waals surface area contributed by atoms with Gasteiger partial charge in [-0.05, 0) is 25.5 Å². The number of likely N-dealkylation sites (N-methyl/N-ethyl adjacent to an activating group) is 1. The number of rotatable bonds is 5. The molecule has 0 aromatic heterocycles. The molecule has 0 aliphatic carbocycles. The summed E-state index contributed by atoms with van der Waals surface area (Å²) in [5.74, 6) is 0.396. The van der Waals surface area contributed by atoms with Gasteiger partial charge in [0, 0.05) is 18.7 Å². The Balaban J connectivity index is 2.36. The van der Waals surface area contributed by atoms with Crippen molar-refractivity contribution in [3.05, 3.63) is 28.3 Å². The Kier molecular flexibility index (Phi) is 4.74. The molecule has 1 amide bonds. The Labute approximate surface area is 123 Å². The fraction of sp³-hybridized carbons (Fsp3) is 0.500. The number of nitrogens with zero attached hydrogens (tertiary/aromatic N) is 2. The van der Waals surface area contributed by atoms with Crippen LogP contribution < -0.4 is 15.0 Å². The minimum absolute atomic E-state index is 0.0517. The van der Waals surface area contributed by atoms with E-state index in [2.05, 4.69) is 5.32 Å². The lowest BCUT2D eigenvalue weighted by Crippen LogP contribution is -2.50. The molecule has 1 N–H and O–H groups in total. The number of nitro groups is 1. The highest BCUT2D eigenvalue weighted by Crippen LogP contribution is 2.34. The Morgan fingerprint density at radius 1 is 1.52 bits per heavy atom. The molecule has 0 bridgehead atoms. The van der Waals surface area contributed by atoms with Gasteiger partial charge in [0.15, 0.2) is 0 Å². The molecule has 1 aliphatic rings. The topological polar surface area (TPSA) is 84.7 Å². The van der Waals surface area contributed by atoms with Gasteiger partial charge >= 0.3 is 0 Å². The number of hydrogen-bond donors (Lipinski definition) is 1. The molecule has 2 rings (SSSR count). The summed E-state index contributed by atoms with van der Waals surface area (Å²) in [5, 5.41) is 14.1. The van der Waals surface area contributed by atoms with Crippen molar-refractivity contribution in [1.29, 1.82) is 0 Å². The second kappa shape index (κ2) is 6.53. The Morgan fingerprint density at radius 3 is 2.90 bits per heavy atom. The predicted molar refractivity (Wildman–Crippen MR) is 78.7 cm³/mol. The standard InChI is InChI=1S/C14H19N3O4/c1-3-15-11-5-4-8-16(14(11)18)12-9-10(17(19)20)6-7-13(12)21-2/h6-7,9,11,15H,3-5,8H2,1-2H3. The van der Waals surface area contributed by atoms with E-state index in [0.29, 0.717) is 24.5 Å². The minimum Gasteiger partial charge on any atom is -0.495 e. The first-order chi connectivity index (χ1) is 10.1. The molecular formula is C14H19N3O4. The van der Waals surface area contributed by atoms with Crippen molar-refractivity contribution in [3.63, 3.8) is 0 Å². The number of nitro benzene ring substituents is 1. The molecule has 1 saturated heterocycles. The zero-order valence-corrected chi connectivity index (χ0v) is 12.2. The van der Waals surface area contributed by atoms with Crippen molar-refractivity contribution in [1.82, 2.24) is 5.32 Å². The molecule has 1 aliphatic heterocycles. The number of ether oxygens (including phenoxy) is 1. The Hall–Kier alpha value is -2.15. The summed E-state index contributed by atoms with van der Waals surface area (Å²) in [6, 6.07) is 4.05. The van der Waals surface area contributed by atoms with Crippen LogP contribution in [0.25, 0.3) is 0 Å². The van der Waals surface area contributed by atoms with Gasteiger partial charge in [0.2, 0.25) is 5.91 Å². The van der Waals surface area contributed by atoms with Crippen molar-refractivity contribution in [2.75, 3.05) is 25.1 Å². The summed E-state index contributed by atoms with van der Waals surface area (Å²) in [6.07, 6.45) is 1.62. The average Bonchev–Trinajstić information content (AvgIpc) is 2.49. The molecule has 7 heteroatoms. The monoisotopic (exact) mass is 293 g/mol. The lowest BCUT2D eigenvalue weighted by molar-refractivity contribution is -0.384. The summed E-state index contributed by atoms with van der Waals surface area (Å²) in [5.41, 5.74) is 0.406. The molecule has 1 atom stereocenters. The van der Waals surface area contributed by atoms with E-state index >= 15 is 0 Å². The van der Waals surface area contributed by atoms with Crippen LogP contribution in [0.1, 0.15) is 19.8 Å². The lowest BCUT2D eigenvalue weighted by Gasteiger charge is -2.33. The number of piperidine rings is 1. The van der Waals surface area contributed by atoms with E-state index < -0.39 is 4.92 Å². The van der Waals surface area contributed by atoms with Crippen LogP contribution in [0.5, 0.6) is 5.75 Å². The highest BCUT2D eigenvalue weighted by molar-refractivity contribution is 5.99. The molecule has 1 fully saturated rings. The van der Waals surface area contributed by atoms with Gasteiger partial charge in [-0.3, -0.25) is 14.9 Å². The van der Waals surface area contributed by atoms with Gasteiger partial charge in [-0.15, -0.1) is 0 Å². The molecule has 21 heavy (non-hydrogen) atoms. The molecule has 1 aromatic carbocycles. The summed E-state index contributed by atoms with van der Waals surface area (Å²) < 4.78 is 5.24. The SMILES string of the molecule is CCNC1CCCN(c2cc([N+](=O)[O-])ccc2OC)C1=O. The van der Waals surface area contributed by atoms with Gasteiger partial charge in [-0.1, -0.05) is 6.92 Å². The van der Waals surface area contributed by atoms with Crippen LogP contribution in [0.2, 0.25) is 0 Å². The first-order valence-corrected chi connectivity index (χ1v) is 6.95. The first-order valence-electron chi connectivity index (χ1n) is 6.95. The van der Waals surface area contributed by atoms with E-state index in [4.69, 9.17) is 4.74 Å². The van der Waals surface area contributed by atoms with E-state index in [1.807, 2.05) is 6.92 Å². The number of methoxy groups -OCH3 is 1. The lowest BCUT2D eigenvalue weighted by atomic mass is 10.0. The maximum Gasteiger partial charge on any atom is 0.271 e. The number of non-ortho nitro benzene ring substituents is 1. The van der Waals surface area contributed by atoms with Crippen LogP contribution in [0, 0.1) is 10.1 Å². The van der Waals surface area contributed by atoms with E-state index in [1.165, 1.54) is 25.3 Å². The maximum atomic E-state index is 12.5. The van der Waals surface area contributed by atoms with Gasteiger partial charge in [0.05, 0.1) is 23.8 Å². The molecule has 1 aromatic rings. The molecule has 1 heterocycles. The fourth-order valence-electron chi connectivity index (χ4n) is 2.55. The van der Waals surface area contributed by atoms with Crippen molar-refractivity contribution in [2.24, 2.45) is 0 Å². The average molecular weight is 293 g/mol. The summed E-state index contributed by atoms with van der Waals surface area (Å²) in [6.45, 7) is 3.19. The molecule has 0 spiro atoms. The van der Waals surface area contributed by atoms with Crippen molar-refractivity contribution < 1.29 is 14.5 Å². The molecule has 7 nitrogen and oxygen atoms in total. The number of hydrogen-bond acceptors (Lipinski definition) is 5. The van der Waals surface area contributed by atoms with Crippen LogP contribution in [-0.2, 0) is 4.79 Å². The van der Waals surface area contributed by atoms with Gasteiger partial charge in [-0.2, -0.15) is 0 Å². The van der Waals surface area contributed by atoms with Crippen LogP contribution in [0.4, 0.5) is 11.4 Å². The van der Waals surface area contributed by atoms with Crippen LogP contribution in [0.3, 0.4) is 0 Å². The quantitative estimate of drug-likeness (QED) is 0.660. The maximum absolute atomic E-state index is 12.5. The molecule has 0 radical (unpaired) electrons. The van der Waals surface area contributed by atoms with Gasteiger partial charge in [-0.25, -0.2) is 0 Å². The second-order valence-electron chi connectivity index (χ2n) is 4.86. The summed E-state index contributed by atoms with van der Waals surface area (Å²) >= 11 is 0. The van der Waals surface area contributed by atoms with Crippen molar-refractivity contribution >= 4 is 17.3 Å². The minimum atomic E-state index is -0.473. The zero-order valence-electron chi connectivity index (χ0n) is 12.2. The third-order valence-corrected chi connectivity index (χ3v) is 3.55. The van der Waals surface area contributed by atoms with Gasteiger partial charge in [0.1, 0.15) is 5.75 Å². The van der Waals surface area contributed by atoms with E-state index in [1.54, 1.807) is 4.90 Å².